The molecule has 690 valence electrons. The molecule has 1 aliphatic rings. The molecule has 41 nitrogen and oxygen atoms in total. The summed E-state index contributed by atoms with van der Waals surface area (Å²) in [5.41, 5.74) is -5.54. The van der Waals surface area contributed by atoms with Gasteiger partial charge in [-0.1, -0.05) is 51.1 Å². The maximum atomic E-state index is 15.4. The highest BCUT2D eigenvalue weighted by atomic mass is 16.6. The molecule has 41 heteroatoms. The number of nitrogens with one attached hydrogen (secondary N) is 15. The Morgan fingerprint density at radius 2 is 0.861 bits per heavy atom. The predicted octanol–water partition coefficient (Wildman–Crippen LogP) is 1.78. The van der Waals surface area contributed by atoms with Crippen molar-refractivity contribution in [1.82, 2.24) is 79.8 Å². The van der Waals surface area contributed by atoms with E-state index in [0.29, 0.717) is 12.0 Å². The van der Waals surface area contributed by atoms with Crippen molar-refractivity contribution in [3.8, 4) is 0 Å². The van der Waals surface area contributed by atoms with E-state index < -0.39 is 298 Å². The summed E-state index contributed by atoms with van der Waals surface area (Å²) in [6, 6.07) is -8.22. The maximum absolute atomic E-state index is 15.4. The van der Waals surface area contributed by atoms with Crippen molar-refractivity contribution in [2.75, 3.05) is 45.9 Å². The van der Waals surface area contributed by atoms with Crippen LogP contribution >= 0.6 is 0 Å². The third-order valence-corrected chi connectivity index (χ3v) is 17.3. The van der Waals surface area contributed by atoms with Crippen LogP contribution in [0.5, 0.6) is 0 Å². The number of hydrogen-bond acceptors (Lipinski definition) is 26. The summed E-state index contributed by atoms with van der Waals surface area (Å²) in [7, 11) is 0. The van der Waals surface area contributed by atoms with Crippen LogP contribution in [0.1, 0.15) is 216 Å². The van der Waals surface area contributed by atoms with Gasteiger partial charge in [0.1, 0.15) is 89.0 Å². The van der Waals surface area contributed by atoms with E-state index in [-0.39, 0.29) is 19.4 Å². The molecule has 15 amide bonds. The van der Waals surface area contributed by atoms with Crippen molar-refractivity contribution in [2.24, 2.45) is 11.3 Å². The Hall–Kier alpha value is -10.9. The third kappa shape index (κ3) is 44.6. The van der Waals surface area contributed by atoms with Gasteiger partial charge in [-0.25, -0.2) is 24.0 Å². The largest absolute Gasteiger partial charge is 0.465 e. The molecule has 1 aromatic rings. The monoisotopic (exact) mass is 1730 g/mol. The standard InChI is InChI=1S/C81H135N15O26/c1-23-81(21,22)70(110)116-42-35-57(99)117-56(34-41-87-75(115)122-80(18,19)20)67(107)96-59(47(5)98)69(109)92-52(32-39-85-73(113)120-78(12,13)14)62(102)88-49-29-36-82-68(108)58(46(4)97)95-64(104)53(33-40-86-74(114)121-79(15,16)17)90-61(101)50(30-37-83-71(111)118-76(6,7)8)91-65(105)54(43-45(2)3)93-66(106)55(44-48-27-25-24-26-28-48)94-63(103)51(89-60(49)100)31-38-84-72(112)119-77(9,10)11/h24-28,45-47,49-56,58-59,97-98H,23,29-44H2,1-22H3,(H,82,108)(H,83,111)(H,84,112)(H,85,113)(H,86,114)(H,87,115)(H,88,102)(H,89,100)(H,90,101)(H,91,105)(H,92,109)(H,93,106)(H,94,103)(H,95,104)(H,96,107)/t46?,47?,49-,50-,51-,52-,53-,54-,55+,56-,58-,59-/m0/s1. The fourth-order valence-corrected chi connectivity index (χ4v) is 10.9. The van der Waals surface area contributed by atoms with Crippen LogP contribution in [0, 0.1) is 11.3 Å². The highest BCUT2D eigenvalue weighted by Crippen LogP contribution is 2.22. The van der Waals surface area contributed by atoms with Gasteiger partial charge in [0.2, 0.25) is 53.2 Å². The number of aliphatic hydroxyl groups excluding tert-OH is 2. The van der Waals surface area contributed by atoms with Crippen LogP contribution in [0.15, 0.2) is 30.3 Å². The van der Waals surface area contributed by atoms with Gasteiger partial charge < -0.3 is 123 Å². The van der Waals surface area contributed by atoms with Crippen molar-refractivity contribution in [1.29, 1.82) is 0 Å². The molecule has 0 radical (unpaired) electrons. The molecule has 0 saturated carbocycles. The van der Waals surface area contributed by atoms with Crippen LogP contribution in [0.25, 0.3) is 0 Å². The fraction of sp³-hybridized carbons (Fsp3) is 0.716. The summed E-state index contributed by atoms with van der Waals surface area (Å²) in [6.07, 6.45) is -14.2. The number of amides is 15. The number of carbonyl (C=O) groups excluding carboxylic acids is 17. The number of aliphatic hydroxyl groups is 2. The second kappa shape index (κ2) is 49.9. The van der Waals surface area contributed by atoms with Crippen LogP contribution in [0.2, 0.25) is 0 Å². The van der Waals surface area contributed by atoms with Crippen LogP contribution in [-0.4, -0.2) is 258 Å². The molecule has 1 aromatic carbocycles. The van der Waals surface area contributed by atoms with Crippen LogP contribution < -0.4 is 79.8 Å². The first-order chi connectivity index (χ1) is 56.3. The lowest BCUT2D eigenvalue weighted by atomic mass is 9.91. The molecule has 17 N–H and O–H groups in total. The number of rotatable bonds is 33. The van der Waals surface area contributed by atoms with Crippen LogP contribution in [0.3, 0.4) is 0 Å². The minimum Gasteiger partial charge on any atom is -0.465 e. The molecule has 2 rings (SSSR count). The van der Waals surface area contributed by atoms with Gasteiger partial charge in [0.05, 0.1) is 24.0 Å². The van der Waals surface area contributed by atoms with E-state index in [1.165, 1.54) is 0 Å². The highest BCUT2D eigenvalue weighted by Gasteiger charge is 2.40. The average molecular weight is 1740 g/mol. The number of benzene rings is 1. The summed E-state index contributed by atoms with van der Waals surface area (Å²) < 4.78 is 37.7. The van der Waals surface area contributed by atoms with Gasteiger partial charge >= 0.3 is 42.4 Å². The van der Waals surface area contributed by atoms with Crippen molar-refractivity contribution < 1.29 is 125 Å². The Morgan fingerprint density at radius 3 is 1.28 bits per heavy atom. The minimum atomic E-state index is -2.06. The molecule has 1 saturated heterocycles. The zero-order valence-electron chi connectivity index (χ0n) is 74.6. The minimum absolute atomic E-state index is 0.138. The first-order valence-corrected chi connectivity index (χ1v) is 40.9. The van der Waals surface area contributed by atoms with E-state index in [9.17, 15) is 72.5 Å². The molecule has 0 aromatic heterocycles. The number of carbonyl (C=O) groups is 17. The van der Waals surface area contributed by atoms with Crippen molar-refractivity contribution >= 4 is 101 Å². The van der Waals surface area contributed by atoms with Gasteiger partial charge in [-0.05, 0) is 188 Å². The van der Waals surface area contributed by atoms with Gasteiger partial charge in [-0.3, -0.25) is 57.5 Å². The van der Waals surface area contributed by atoms with Crippen molar-refractivity contribution in [2.45, 2.75) is 317 Å². The molecular formula is C81H135N15O26. The summed E-state index contributed by atoms with van der Waals surface area (Å²) >= 11 is 0. The molecule has 1 heterocycles. The number of alkyl carbamates (subject to hydrolysis) is 5. The second-order valence-corrected chi connectivity index (χ2v) is 35.5. The van der Waals surface area contributed by atoms with Gasteiger partial charge in [0, 0.05) is 52.1 Å². The van der Waals surface area contributed by atoms with E-state index in [1.54, 1.807) is 169 Å². The Labute approximate surface area is 713 Å². The lowest BCUT2D eigenvalue weighted by Gasteiger charge is -2.29. The Balaban J connectivity index is 3.12. The molecule has 1 fully saturated rings. The molecule has 0 aliphatic carbocycles. The molecule has 0 spiro atoms. The summed E-state index contributed by atoms with van der Waals surface area (Å²) in [5.74, 6) is -13.8. The topological polar surface area (TPSA) is 576 Å². The molecule has 1 aliphatic heterocycles. The molecule has 122 heavy (non-hydrogen) atoms. The van der Waals surface area contributed by atoms with E-state index in [0.717, 1.165) is 13.8 Å². The van der Waals surface area contributed by atoms with E-state index in [4.69, 9.17) is 33.2 Å². The van der Waals surface area contributed by atoms with Gasteiger partial charge in [0.15, 0.2) is 6.10 Å². The number of hydrogen-bond donors (Lipinski definition) is 17. The Morgan fingerprint density at radius 1 is 0.467 bits per heavy atom. The second-order valence-electron chi connectivity index (χ2n) is 35.5. The van der Waals surface area contributed by atoms with Crippen molar-refractivity contribution in [3.63, 3.8) is 0 Å². The molecule has 2 unspecified atom stereocenters. The van der Waals surface area contributed by atoms with Crippen molar-refractivity contribution in [3.05, 3.63) is 35.9 Å². The zero-order valence-corrected chi connectivity index (χ0v) is 74.6. The van der Waals surface area contributed by atoms with Gasteiger partial charge in [-0.15, -0.1) is 0 Å². The lowest BCUT2D eigenvalue weighted by molar-refractivity contribution is -0.161. The summed E-state index contributed by atoms with van der Waals surface area (Å²) in [5, 5.41) is 60.1. The number of esters is 2. The average Bonchev–Trinajstić information content (AvgIpc) is 0.969. The zero-order chi connectivity index (χ0) is 93.0. The van der Waals surface area contributed by atoms with E-state index in [2.05, 4.69) is 79.8 Å². The number of ether oxygens (including phenoxy) is 7. The Kier molecular flexibility index (Phi) is 43.8. The van der Waals surface area contributed by atoms with E-state index in [1.807, 2.05) is 0 Å². The quantitative estimate of drug-likeness (QED) is 0.0352. The first-order valence-electron chi connectivity index (χ1n) is 40.9. The summed E-state index contributed by atoms with van der Waals surface area (Å²) in [6.45, 7) is 31.0. The normalized spacial score (nSPS) is 19.6. The van der Waals surface area contributed by atoms with Gasteiger partial charge in [-0.2, -0.15) is 0 Å². The first kappa shape index (κ1) is 107. The lowest BCUT2D eigenvalue weighted by Crippen LogP contribution is -2.62. The summed E-state index contributed by atoms with van der Waals surface area (Å²) in [4.78, 5) is 240. The van der Waals surface area contributed by atoms with E-state index >= 15 is 19.2 Å². The smallest absolute Gasteiger partial charge is 0.407 e. The molecular weight excluding hydrogens is 1600 g/mol. The van der Waals surface area contributed by atoms with Crippen LogP contribution in [0.4, 0.5) is 24.0 Å². The molecule has 12 atom stereocenters. The third-order valence-electron chi connectivity index (χ3n) is 17.3. The SMILES string of the molecule is CCC(C)(C)C(=O)OCCC(=O)O[C@@H](CCNC(=O)OC(C)(C)C)C(=O)N[C@H](C(=O)N[C@@H](CCNC(=O)OC(C)(C)C)C(=O)N[C@H]1CCNC(=O)[C@H](C(C)O)NC(=O)[C@H](CCNC(=O)OC(C)(C)C)NC(=O)[C@H](CCNC(=O)OC(C)(C)C)NC(=O)[C@H](CC(C)C)NC(=O)[C@@H](Cc2ccccc2)NC(=O)[C@H](CCNC(=O)OC(C)(C)C)NC1=O)C(C)O. The predicted molar refractivity (Wildman–Crippen MR) is 442 cm³/mol. The van der Waals surface area contributed by atoms with Crippen LogP contribution in [-0.2, 0) is 97.1 Å². The Bertz CT molecular complexity index is 3690. The highest BCUT2D eigenvalue weighted by molar-refractivity contribution is 5.99. The maximum Gasteiger partial charge on any atom is 0.407 e. The van der Waals surface area contributed by atoms with Gasteiger partial charge in [0.25, 0.3) is 5.91 Å². The fourth-order valence-electron chi connectivity index (χ4n) is 10.9. The molecule has 0 bridgehead atoms.